The van der Waals surface area contributed by atoms with E-state index in [1.807, 2.05) is 6.07 Å². The van der Waals surface area contributed by atoms with E-state index in [-0.39, 0.29) is 6.47 Å². The van der Waals surface area contributed by atoms with Gasteiger partial charge in [0.25, 0.3) is 6.47 Å². The molecule has 0 spiro atoms. The maximum absolute atomic E-state index is 8.36. The first-order chi connectivity index (χ1) is 9.24. The Kier molecular flexibility index (Phi) is 3.98. The van der Waals surface area contributed by atoms with Crippen LogP contribution < -0.4 is 0 Å². The highest BCUT2D eigenvalue weighted by atomic mass is 16.3. The van der Waals surface area contributed by atoms with E-state index in [2.05, 4.69) is 60.4 Å². The van der Waals surface area contributed by atoms with Crippen molar-refractivity contribution in [3.8, 4) is 11.3 Å². The average molecular weight is 253 g/mol. The molecule has 3 aromatic rings. The van der Waals surface area contributed by atoms with Crippen LogP contribution in [0.5, 0.6) is 0 Å². The lowest BCUT2D eigenvalue weighted by Gasteiger charge is -1.95. The molecule has 96 valence electrons. The Bertz CT molecular complexity index is 672. The van der Waals surface area contributed by atoms with Gasteiger partial charge in [-0.1, -0.05) is 42.0 Å². The van der Waals surface area contributed by atoms with Crippen molar-refractivity contribution in [1.82, 2.24) is 4.98 Å². The lowest BCUT2D eigenvalue weighted by atomic mass is 10.1. The van der Waals surface area contributed by atoms with Crippen molar-refractivity contribution in [2.24, 2.45) is 0 Å². The highest BCUT2D eigenvalue weighted by Crippen LogP contribution is 2.24. The molecule has 0 fully saturated rings. The van der Waals surface area contributed by atoms with Gasteiger partial charge in [0, 0.05) is 16.6 Å². The highest BCUT2D eigenvalue weighted by Gasteiger charge is 2.02. The molecule has 0 aliphatic carbocycles. The molecule has 0 radical (unpaired) electrons. The number of aromatic nitrogens is 1. The number of aryl methyl sites for hydroxylation is 1. The van der Waals surface area contributed by atoms with Gasteiger partial charge in [0.15, 0.2) is 0 Å². The molecule has 0 atom stereocenters. The second kappa shape index (κ2) is 5.87. The molecular formula is C16H15NO2. The largest absolute Gasteiger partial charge is 0.483 e. The predicted octanol–water partition coefficient (Wildman–Crippen LogP) is 3.84. The number of carbonyl (C=O) groups is 1. The van der Waals surface area contributed by atoms with Crippen molar-refractivity contribution >= 4 is 17.4 Å². The molecule has 3 nitrogen and oxygen atoms in total. The number of rotatable bonds is 1. The van der Waals surface area contributed by atoms with Crippen LogP contribution in [0.25, 0.3) is 22.2 Å². The normalized spacial score (nSPS) is 9.74. The van der Waals surface area contributed by atoms with E-state index in [9.17, 15) is 0 Å². The molecule has 0 saturated heterocycles. The van der Waals surface area contributed by atoms with Crippen molar-refractivity contribution in [3.05, 3.63) is 60.2 Å². The molecule has 2 aromatic carbocycles. The van der Waals surface area contributed by atoms with Crippen LogP contribution >= 0.6 is 0 Å². The molecule has 19 heavy (non-hydrogen) atoms. The summed E-state index contributed by atoms with van der Waals surface area (Å²) in [6, 6.07) is 19.1. The van der Waals surface area contributed by atoms with Crippen molar-refractivity contribution in [2.45, 2.75) is 6.92 Å². The number of fused-ring (bicyclic) bond motifs is 1. The number of benzene rings is 2. The third kappa shape index (κ3) is 3.01. The minimum absolute atomic E-state index is 0.250. The van der Waals surface area contributed by atoms with Gasteiger partial charge < -0.3 is 10.1 Å². The van der Waals surface area contributed by atoms with Crippen LogP contribution in [0, 0.1) is 6.92 Å². The van der Waals surface area contributed by atoms with Crippen molar-refractivity contribution < 1.29 is 9.90 Å². The summed E-state index contributed by atoms with van der Waals surface area (Å²) >= 11 is 0. The van der Waals surface area contributed by atoms with E-state index in [1.165, 1.54) is 27.7 Å². The average Bonchev–Trinajstić information content (AvgIpc) is 2.83. The molecule has 0 saturated carbocycles. The van der Waals surface area contributed by atoms with E-state index in [0.717, 1.165) is 0 Å². The first-order valence-corrected chi connectivity index (χ1v) is 5.97. The molecule has 0 unspecified atom stereocenters. The number of aromatic amines is 1. The van der Waals surface area contributed by atoms with E-state index in [4.69, 9.17) is 9.90 Å². The fraction of sp³-hybridized carbons (Fsp3) is 0.0625. The molecule has 3 rings (SSSR count). The van der Waals surface area contributed by atoms with Crippen molar-refractivity contribution in [2.75, 3.05) is 0 Å². The van der Waals surface area contributed by atoms with Crippen LogP contribution in [0.3, 0.4) is 0 Å². The van der Waals surface area contributed by atoms with Crippen LogP contribution in [0.2, 0.25) is 0 Å². The second-order valence-electron chi connectivity index (χ2n) is 4.25. The minimum atomic E-state index is -0.250. The van der Waals surface area contributed by atoms with Gasteiger partial charge in [-0.25, -0.2) is 0 Å². The minimum Gasteiger partial charge on any atom is -0.483 e. The van der Waals surface area contributed by atoms with Crippen molar-refractivity contribution in [3.63, 3.8) is 0 Å². The summed E-state index contributed by atoms with van der Waals surface area (Å²) in [5.41, 5.74) is 4.91. The molecule has 2 N–H and O–H groups in total. The zero-order valence-corrected chi connectivity index (χ0v) is 10.6. The van der Waals surface area contributed by atoms with Crippen LogP contribution in [-0.2, 0) is 4.79 Å². The summed E-state index contributed by atoms with van der Waals surface area (Å²) in [5.74, 6) is 0. The number of hydrogen-bond acceptors (Lipinski definition) is 1. The fourth-order valence-corrected chi connectivity index (χ4v) is 2.03. The third-order valence-corrected chi connectivity index (χ3v) is 2.86. The van der Waals surface area contributed by atoms with Crippen LogP contribution in [0.4, 0.5) is 0 Å². The van der Waals surface area contributed by atoms with Crippen LogP contribution in [0.15, 0.2) is 54.6 Å². The Labute approximate surface area is 111 Å². The Balaban J connectivity index is 0.000000408. The smallest absolute Gasteiger partial charge is 0.290 e. The molecule has 3 heteroatoms. The predicted molar refractivity (Wildman–Crippen MR) is 77.2 cm³/mol. The van der Waals surface area contributed by atoms with Gasteiger partial charge in [0.1, 0.15) is 0 Å². The van der Waals surface area contributed by atoms with Gasteiger partial charge in [0.05, 0.1) is 0 Å². The Morgan fingerprint density at radius 1 is 1.05 bits per heavy atom. The maximum atomic E-state index is 8.36. The van der Waals surface area contributed by atoms with Crippen molar-refractivity contribution in [1.29, 1.82) is 0 Å². The number of hydrogen-bond donors (Lipinski definition) is 2. The topological polar surface area (TPSA) is 53.1 Å². The van der Waals surface area contributed by atoms with Crippen LogP contribution in [0.1, 0.15) is 5.56 Å². The lowest BCUT2D eigenvalue weighted by Crippen LogP contribution is -1.74. The molecule has 1 heterocycles. The summed E-state index contributed by atoms with van der Waals surface area (Å²) in [6.45, 7) is 1.87. The van der Waals surface area contributed by atoms with Gasteiger partial charge in [-0.15, -0.1) is 0 Å². The summed E-state index contributed by atoms with van der Waals surface area (Å²) in [6.07, 6.45) is 0. The monoisotopic (exact) mass is 253 g/mol. The van der Waals surface area contributed by atoms with Gasteiger partial charge in [-0.3, -0.25) is 4.79 Å². The second-order valence-corrected chi connectivity index (χ2v) is 4.25. The molecule has 1 aromatic heterocycles. The van der Waals surface area contributed by atoms with Gasteiger partial charge >= 0.3 is 0 Å². The van der Waals surface area contributed by atoms with Gasteiger partial charge in [-0.05, 0) is 30.7 Å². The number of H-pyrrole nitrogens is 1. The summed E-state index contributed by atoms with van der Waals surface area (Å²) in [4.78, 5) is 11.8. The Hall–Kier alpha value is -2.55. The quantitative estimate of drug-likeness (QED) is 0.647. The Morgan fingerprint density at radius 3 is 2.42 bits per heavy atom. The molecule has 0 amide bonds. The summed E-state index contributed by atoms with van der Waals surface area (Å²) in [7, 11) is 0. The van der Waals surface area contributed by atoms with Gasteiger partial charge in [0.2, 0.25) is 0 Å². The zero-order chi connectivity index (χ0) is 13.7. The molecule has 0 bridgehead atoms. The maximum Gasteiger partial charge on any atom is 0.290 e. The van der Waals surface area contributed by atoms with Gasteiger partial charge in [-0.2, -0.15) is 0 Å². The van der Waals surface area contributed by atoms with E-state index in [0.29, 0.717) is 0 Å². The third-order valence-electron chi connectivity index (χ3n) is 2.86. The molecule has 0 aliphatic rings. The first-order valence-electron chi connectivity index (χ1n) is 5.97. The number of nitrogens with one attached hydrogen (secondary N) is 1. The molecular weight excluding hydrogens is 238 g/mol. The molecule has 0 aliphatic heterocycles. The highest BCUT2D eigenvalue weighted by molar-refractivity contribution is 5.86. The Morgan fingerprint density at radius 2 is 1.74 bits per heavy atom. The van der Waals surface area contributed by atoms with E-state index < -0.39 is 0 Å². The standard InChI is InChI=1S/C15H13N.CH2O2/c1-11-7-8-14-13(9-11)10-15(16-14)12-5-3-2-4-6-12;2-1-3/h2-10,16H,1H3;1H,(H,2,3). The number of carboxylic acid groups (broad SMARTS) is 1. The van der Waals surface area contributed by atoms with E-state index in [1.54, 1.807) is 0 Å². The lowest BCUT2D eigenvalue weighted by molar-refractivity contribution is -0.122. The zero-order valence-electron chi connectivity index (χ0n) is 10.6. The van der Waals surface area contributed by atoms with E-state index >= 15 is 0 Å². The fourth-order valence-electron chi connectivity index (χ4n) is 2.03. The SMILES string of the molecule is Cc1ccc2[nH]c(-c3ccccc3)cc2c1.O=CO. The van der Waals surface area contributed by atoms with Crippen LogP contribution in [-0.4, -0.2) is 16.6 Å². The summed E-state index contributed by atoms with van der Waals surface area (Å²) < 4.78 is 0. The summed E-state index contributed by atoms with van der Waals surface area (Å²) in [5, 5.41) is 8.17. The first kappa shape index (κ1) is 12.9.